The lowest BCUT2D eigenvalue weighted by Crippen LogP contribution is -2.72. The highest BCUT2D eigenvalue weighted by Gasteiger charge is 2.51. The van der Waals surface area contributed by atoms with E-state index in [0.717, 1.165) is 61.8 Å². The van der Waals surface area contributed by atoms with Crippen molar-refractivity contribution >= 4 is 22.7 Å². The van der Waals surface area contributed by atoms with E-state index in [0.29, 0.717) is 24.4 Å². The molecule has 3 aromatic carbocycles. The van der Waals surface area contributed by atoms with Gasteiger partial charge >= 0.3 is 5.97 Å². The standard InChI is InChI=1S/C32H30FN5O4/c33-27-10-21(13-34)4-5-23(27)16-42-25-3-1-2-24(12-25)37-19-32(20-37)17-36(18-32)15-30-35-28-7-6-22(31(39)40)11-29(28)38(30)14-26-8-9-41-26/h1-7,10-12,26H,8-9,14-20H2,(H,39,40)/t26-/m0/s1. The van der Waals surface area contributed by atoms with E-state index in [1.165, 1.54) is 6.07 Å². The number of rotatable bonds is 9. The summed E-state index contributed by atoms with van der Waals surface area (Å²) in [4.78, 5) is 21.2. The Kier molecular flexibility index (Phi) is 6.56. The highest BCUT2D eigenvalue weighted by atomic mass is 19.1. The summed E-state index contributed by atoms with van der Waals surface area (Å²) in [5, 5.41) is 18.4. The van der Waals surface area contributed by atoms with E-state index in [-0.39, 0.29) is 29.3 Å². The van der Waals surface area contributed by atoms with Gasteiger partial charge in [0, 0.05) is 55.5 Å². The Bertz CT molecular complexity index is 1710. The molecule has 0 unspecified atom stereocenters. The van der Waals surface area contributed by atoms with Crippen LogP contribution in [0.15, 0.2) is 60.7 Å². The molecule has 1 aromatic heterocycles. The van der Waals surface area contributed by atoms with Gasteiger partial charge in [-0.3, -0.25) is 4.90 Å². The smallest absolute Gasteiger partial charge is 0.335 e. The van der Waals surface area contributed by atoms with Gasteiger partial charge < -0.3 is 24.0 Å². The molecule has 3 aliphatic rings. The van der Waals surface area contributed by atoms with Gasteiger partial charge in [0.15, 0.2) is 0 Å². The van der Waals surface area contributed by atoms with Crippen molar-refractivity contribution in [2.75, 3.05) is 37.7 Å². The molecular formula is C32H30FN5O4. The quantitative estimate of drug-likeness (QED) is 0.317. The van der Waals surface area contributed by atoms with Crippen LogP contribution in [0, 0.1) is 22.6 Å². The van der Waals surface area contributed by atoms with Gasteiger partial charge in [0.25, 0.3) is 0 Å². The minimum Gasteiger partial charge on any atom is -0.489 e. The number of hydrogen-bond donors (Lipinski definition) is 1. The molecule has 3 aliphatic heterocycles. The zero-order chi connectivity index (χ0) is 28.8. The summed E-state index contributed by atoms with van der Waals surface area (Å²) in [5.74, 6) is 0.231. The summed E-state index contributed by atoms with van der Waals surface area (Å²) < 4.78 is 27.9. The predicted molar refractivity (Wildman–Crippen MR) is 153 cm³/mol. The van der Waals surface area contributed by atoms with Crippen molar-refractivity contribution < 1.29 is 23.8 Å². The number of carboxylic acids is 1. The molecule has 4 heterocycles. The van der Waals surface area contributed by atoms with Crippen molar-refractivity contribution in [3.8, 4) is 11.8 Å². The van der Waals surface area contributed by atoms with Gasteiger partial charge in [0.2, 0.25) is 0 Å². The molecule has 0 aliphatic carbocycles. The number of fused-ring (bicyclic) bond motifs is 1. The Hall–Kier alpha value is -4.46. The number of hydrogen-bond acceptors (Lipinski definition) is 7. The number of halogens is 1. The molecule has 0 saturated carbocycles. The number of aromatic carboxylic acids is 1. The molecule has 214 valence electrons. The van der Waals surface area contributed by atoms with Crippen molar-refractivity contribution in [1.82, 2.24) is 14.5 Å². The second-order valence-corrected chi connectivity index (χ2v) is 11.6. The van der Waals surface area contributed by atoms with Crippen LogP contribution >= 0.6 is 0 Å². The summed E-state index contributed by atoms with van der Waals surface area (Å²) in [5.41, 5.74) is 3.93. The van der Waals surface area contributed by atoms with Crippen molar-refractivity contribution in [3.63, 3.8) is 0 Å². The Labute approximate surface area is 242 Å². The molecule has 0 radical (unpaired) electrons. The average Bonchev–Trinajstić information content (AvgIpc) is 3.26. The van der Waals surface area contributed by atoms with E-state index in [1.54, 1.807) is 30.3 Å². The van der Waals surface area contributed by atoms with Crippen LogP contribution in [0.3, 0.4) is 0 Å². The lowest BCUT2D eigenvalue weighted by Gasteiger charge is -2.61. The third kappa shape index (κ3) is 4.95. The number of carboxylic acid groups (broad SMARTS) is 1. The minimum absolute atomic E-state index is 0.0924. The van der Waals surface area contributed by atoms with Gasteiger partial charge in [-0.25, -0.2) is 14.2 Å². The molecular weight excluding hydrogens is 537 g/mol. The summed E-state index contributed by atoms with van der Waals surface area (Å²) >= 11 is 0. The first-order valence-electron chi connectivity index (χ1n) is 14.1. The molecule has 10 heteroatoms. The monoisotopic (exact) mass is 567 g/mol. The van der Waals surface area contributed by atoms with Crippen LogP contribution in [0.5, 0.6) is 5.75 Å². The number of nitriles is 1. The fraction of sp³-hybridized carbons (Fsp3) is 0.344. The lowest BCUT2D eigenvalue weighted by molar-refractivity contribution is -0.0604. The van der Waals surface area contributed by atoms with Crippen molar-refractivity contribution in [3.05, 3.63) is 89.0 Å². The summed E-state index contributed by atoms with van der Waals surface area (Å²) in [6.07, 6.45) is 1.14. The number of imidazole rings is 1. The third-order valence-corrected chi connectivity index (χ3v) is 8.55. The van der Waals surface area contributed by atoms with Gasteiger partial charge in [-0.05, 0) is 48.9 Å². The van der Waals surface area contributed by atoms with E-state index in [2.05, 4.69) is 20.4 Å². The molecule has 3 fully saturated rings. The summed E-state index contributed by atoms with van der Waals surface area (Å²) in [6, 6.07) is 19.3. The lowest BCUT2D eigenvalue weighted by atomic mass is 9.72. The topological polar surface area (TPSA) is 104 Å². The van der Waals surface area contributed by atoms with Crippen LogP contribution < -0.4 is 9.64 Å². The fourth-order valence-corrected chi connectivity index (χ4v) is 6.29. The van der Waals surface area contributed by atoms with Crippen LogP contribution in [-0.2, 0) is 24.4 Å². The van der Waals surface area contributed by atoms with Gasteiger partial charge in [0.05, 0.1) is 47.4 Å². The van der Waals surface area contributed by atoms with Gasteiger partial charge in [-0.1, -0.05) is 12.1 Å². The molecule has 42 heavy (non-hydrogen) atoms. The number of benzene rings is 3. The molecule has 4 aromatic rings. The minimum atomic E-state index is -0.942. The van der Waals surface area contributed by atoms with E-state index < -0.39 is 11.8 Å². The van der Waals surface area contributed by atoms with E-state index in [9.17, 15) is 14.3 Å². The third-order valence-electron chi connectivity index (χ3n) is 8.55. The molecule has 1 N–H and O–H groups in total. The maximum absolute atomic E-state index is 14.2. The van der Waals surface area contributed by atoms with Crippen molar-refractivity contribution in [1.29, 1.82) is 5.26 Å². The maximum Gasteiger partial charge on any atom is 0.335 e. The highest BCUT2D eigenvalue weighted by Crippen LogP contribution is 2.43. The molecule has 1 spiro atoms. The summed E-state index contributed by atoms with van der Waals surface area (Å²) in [7, 11) is 0. The van der Waals surface area contributed by atoms with Gasteiger partial charge in [-0.15, -0.1) is 0 Å². The second kappa shape index (κ2) is 10.4. The number of anilines is 1. The average molecular weight is 568 g/mol. The zero-order valence-corrected chi connectivity index (χ0v) is 23.0. The molecule has 0 amide bonds. The van der Waals surface area contributed by atoms with Gasteiger partial charge in [-0.2, -0.15) is 5.26 Å². The van der Waals surface area contributed by atoms with Crippen molar-refractivity contribution in [2.45, 2.75) is 32.2 Å². The Balaban J connectivity index is 0.970. The first kappa shape index (κ1) is 26.4. The largest absolute Gasteiger partial charge is 0.489 e. The van der Waals surface area contributed by atoms with E-state index in [4.69, 9.17) is 19.7 Å². The van der Waals surface area contributed by atoms with E-state index >= 15 is 0 Å². The van der Waals surface area contributed by atoms with Crippen LogP contribution in [0.4, 0.5) is 10.1 Å². The Morgan fingerprint density at radius 2 is 1.98 bits per heavy atom. The summed E-state index contributed by atoms with van der Waals surface area (Å²) in [6.45, 7) is 6.09. The predicted octanol–water partition coefficient (Wildman–Crippen LogP) is 4.44. The number of carbonyl (C=O) groups is 1. The fourth-order valence-electron chi connectivity index (χ4n) is 6.29. The Morgan fingerprint density at radius 1 is 1.14 bits per heavy atom. The zero-order valence-electron chi connectivity index (χ0n) is 23.0. The van der Waals surface area contributed by atoms with Crippen LogP contribution in [0.25, 0.3) is 11.0 Å². The molecule has 3 saturated heterocycles. The van der Waals surface area contributed by atoms with Gasteiger partial charge in [0.1, 0.15) is 24.0 Å². The normalized spacial score (nSPS) is 19.1. The molecule has 0 bridgehead atoms. The number of aromatic nitrogens is 2. The molecule has 9 nitrogen and oxygen atoms in total. The number of likely N-dealkylation sites (tertiary alicyclic amines) is 1. The van der Waals surface area contributed by atoms with E-state index in [1.807, 2.05) is 24.3 Å². The Morgan fingerprint density at radius 3 is 2.69 bits per heavy atom. The van der Waals surface area contributed by atoms with Crippen LogP contribution in [0.2, 0.25) is 0 Å². The molecule has 7 rings (SSSR count). The first-order chi connectivity index (χ1) is 20.4. The number of nitrogens with zero attached hydrogens (tertiary/aromatic N) is 5. The van der Waals surface area contributed by atoms with Crippen molar-refractivity contribution in [2.24, 2.45) is 5.41 Å². The molecule has 1 atom stereocenters. The highest BCUT2D eigenvalue weighted by molar-refractivity contribution is 5.92. The second-order valence-electron chi connectivity index (χ2n) is 11.6. The number of ether oxygens (including phenoxy) is 2. The van der Waals surface area contributed by atoms with Crippen LogP contribution in [0.1, 0.15) is 33.7 Å². The first-order valence-corrected chi connectivity index (χ1v) is 14.1. The van der Waals surface area contributed by atoms with Crippen LogP contribution in [-0.4, -0.2) is 64.4 Å². The SMILES string of the molecule is N#Cc1ccc(COc2cccc(N3CC4(CN(Cc5nc6ccc(C(=O)O)cc6n5C[C@@H]5CCO5)C4)C3)c2)c(F)c1. The maximum atomic E-state index is 14.2.